The molecule has 0 aliphatic carbocycles. The van der Waals surface area contributed by atoms with Crippen molar-refractivity contribution in [3.05, 3.63) is 59.4 Å². The number of halogens is 2. The average Bonchev–Trinajstić information content (AvgIpc) is 3.21. The van der Waals surface area contributed by atoms with E-state index in [2.05, 4.69) is 9.97 Å². The van der Waals surface area contributed by atoms with Crippen LogP contribution in [0.2, 0.25) is 0 Å². The second-order valence-electron chi connectivity index (χ2n) is 6.27. The van der Waals surface area contributed by atoms with Crippen LogP contribution in [0, 0.1) is 0 Å². The Morgan fingerprint density at radius 2 is 1.73 bits per heavy atom. The number of nitrogens with zero attached hydrogens (tertiary/aromatic N) is 4. The van der Waals surface area contributed by atoms with E-state index < -0.39 is 6.55 Å². The van der Waals surface area contributed by atoms with Crippen molar-refractivity contribution in [3.8, 4) is 0 Å². The summed E-state index contributed by atoms with van der Waals surface area (Å²) in [7, 11) is 1.91. The molecule has 134 valence electrons. The Kier molecular flexibility index (Phi) is 4.42. The Morgan fingerprint density at radius 1 is 1.04 bits per heavy atom. The molecule has 0 spiro atoms. The summed E-state index contributed by atoms with van der Waals surface area (Å²) in [6, 6.07) is 14.7. The zero-order chi connectivity index (χ0) is 18.3. The molecule has 0 aliphatic rings. The molecule has 0 saturated heterocycles. The molecule has 0 bridgehead atoms. The summed E-state index contributed by atoms with van der Waals surface area (Å²) in [5, 5.41) is 0.959. The molecule has 0 aliphatic heterocycles. The Morgan fingerprint density at radius 3 is 2.46 bits per heavy atom. The minimum Gasteiger partial charge on any atom is -0.290 e. The standard InChI is InChI=1S/C19H18F2N4S/c1-12(18-23-13-7-3-5-9-15(13)25(18)19(20)21)24(2)11-17-22-14-8-4-6-10-16(14)26-17/h3-10,12,19H,11H2,1-2H3/t12-/m0/s1. The van der Waals surface area contributed by atoms with E-state index in [-0.39, 0.29) is 6.04 Å². The number of hydrogen-bond donors (Lipinski definition) is 0. The number of benzene rings is 2. The highest BCUT2D eigenvalue weighted by Crippen LogP contribution is 2.30. The van der Waals surface area contributed by atoms with Gasteiger partial charge in [-0.05, 0) is 38.2 Å². The van der Waals surface area contributed by atoms with Crippen LogP contribution in [0.3, 0.4) is 0 Å². The Bertz CT molecular complexity index is 1020. The van der Waals surface area contributed by atoms with Crippen molar-refractivity contribution < 1.29 is 8.78 Å². The van der Waals surface area contributed by atoms with Crippen LogP contribution in [-0.4, -0.2) is 26.5 Å². The fourth-order valence-electron chi connectivity index (χ4n) is 3.10. The second kappa shape index (κ2) is 6.74. The van der Waals surface area contributed by atoms with Crippen LogP contribution in [0.4, 0.5) is 8.78 Å². The van der Waals surface area contributed by atoms with Gasteiger partial charge in [-0.2, -0.15) is 8.78 Å². The van der Waals surface area contributed by atoms with Crippen LogP contribution in [0.1, 0.15) is 30.3 Å². The smallest absolute Gasteiger partial charge is 0.290 e. The minimum atomic E-state index is -2.63. The van der Waals surface area contributed by atoms with Gasteiger partial charge >= 0.3 is 6.55 Å². The lowest BCUT2D eigenvalue weighted by atomic mass is 10.2. The van der Waals surface area contributed by atoms with Crippen molar-refractivity contribution >= 4 is 32.6 Å². The van der Waals surface area contributed by atoms with Gasteiger partial charge in [0.1, 0.15) is 10.8 Å². The Balaban J connectivity index is 1.65. The Hall–Kier alpha value is -2.38. The maximum absolute atomic E-state index is 13.7. The third-order valence-corrected chi connectivity index (χ3v) is 5.60. The molecule has 26 heavy (non-hydrogen) atoms. The molecule has 0 N–H and O–H groups in total. The zero-order valence-corrected chi connectivity index (χ0v) is 15.3. The molecule has 1 atom stereocenters. The van der Waals surface area contributed by atoms with Gasteiger partial charge in [0.15, 0.2) is 0 Å². The summed E-state index contributed by atoms with van der Waals surface area (Å²) in [5.41, 5.74) is 2.01. The number of aromatic nitrogens is 3. The van der Waals surface area contributed by atoms with Gasteiger partial charge < -0.3 is 0 Å². The van der Waals surface area contributed by atoms with E-state index in [1.165, 1.54) is 0 Å². The van der Waals surface area contributed by atoms with E-state index in [9.17, 15) is 8.78 Å². The fourth-order valence-corrected chi connectivity index (χ4v) is 4.13. The highest BCUT2D eigenvalue weighted by Gasteiger charge is 2.24. The molecule has 7 heteroatoms. The highest BCUT2D eigenvalue weighted by molar-refractivity contribution is 7.18. The topological polar surface area (TPSA) is 34.0 Å². The van der Waals surface area contributed by atoms with Gasteiger partial charge in [0.05, 0.1) is 33.8 Å². The van der Waals surface area contributed by atoms with Gasteiger partial charge in [-0.15, -0.1) is 11.3 Å². The number of para-hydroxylation sites is 3. The van der Waals surface area contributed by atoms with Gasteiger partial charge in [-0.1, -0.05) is 24.3 Å². The summed E-state index contributed by atoms with van der Waals surface area (Å²) < 4.78 is 29.5. The van der Waals surface area contributed by atoms with E-state index in [0.717, 1.165) is 19.8 Å². The molecule has 0 fully saturated rings. The molecule has 2 aromatic heterocycles. The van der Waals surface area contributed by atoms with Gasteiger partial charge in [0.2, 0.25) is 0 Å². The first-order chi connectivity index (χ1) is 12.5. The maximum Gasteiger partial charge on any atom is 0.320 e. The molecule has 0 radical (unpaired) electrons. The number of thiazole rings is 1. The van der Waals surface area contributed by atoms with Gasteiger partial charge in [0, 0.05) is 0 Å². The first-order valence-electron chi connectivity index (χ1n) is 8.34. The van der Waals surface area contributed by atoms with Crippen LogP contribution < -0.4 is 0 Å². The lowest BCUT2D eigenvalue weighted by Crippen LogP contribution is -2.25. The van der Waals surface area contributed by atoms with Crippen molar-refractivity contribution in [1.29, 1.82) is 0 Å². The van der Waals surface area contributed by atoms with Gasteiger partial charge in [-0.25, -0.2) is 9.97 Å². The molecule has 0 unspecified atom stereocenters. The van der Waals surface area contributed by atoms with E-state index in [1.54, 1.807) is 29.5 Å². The van der Waals surface area contributed by atoms with E-state index in [1.807, 2.05) is 49.2 Å². The SMILES string of the molecule is C[C@@H](c1nc2ccccc2n1C(F)F)N(C)Cc1nc2ccccc2s1. The van der Waals surface area contributed by atoms with Crippen molar-refractivity contribution in [2.45, 2.75) is 26.1 Å². The third kappa shape index (κ3) is 2.97. The number of hydrogen-bond acceptors (Lipinski definition) is 4. The first-order valence-corrected chi connectivity index (χ1v) is 9.16. The molecule has 0 saturated carbocycles. The van der Waals surface area contributed by atoms with E-state index in [0.29, 0.717) is 23.4 Å². The van der Waals surface area contributed by atoms with Crippen LogP contribution >= 0.6 is 11.3 Å². The second-order valence-corrected chi connectivity index (χ2v) is 7.39. The lowest BCUT2D eigenvalue weighted by molar-refractivity contribution is 0.0657. The Labute approximate surface area is 153 Å². The summed E-state index contributed by atoms with van der Waals surface area (Å²) in [5.74, 6) is 0.366. The molecule has 2 aromatic carbocycles. The predicted molar refractivity (Wildman–Crippen MR) is 100 cm³/mol. The van der Waals surface area contributed by atoms with Crippen molar-refractivity contribution in [3.63, 3.8) is 0 Å². The predicted octanol–water partition coefficient (Wildman–Crippen LogP) is 5.23. The maximum atomic E-state index is 13.7. The first kappa shape index (κ1) is 17.1. The molecule has 0 amide bonds. The molecular weight excluding hydrogens is 354 g/mol. The largest absolute Gasteiger partial charge is 0.320 e. The number of rotatable bonds is 5. The number of fused-ring (bicyclic) bond motifs is 2. The van der Waals surface area contributed by atoms with Crippen LogP contribution in [-0.2, 0) is 6.54 Å². The van der Waals surface area contributed by atoms with Crippen LogP contribution in [0.5, 0.6) is 0 Å². The normalized spacial score (nSPS) is 13.3. The summed E-state index contributed by atoms with van der Waals surface area (Å²) in [6.07, 6.45) is 0. The third-order valence-electron chi connectivity index (χ3n) is 4.58. The molecular formula is C19H18F2N4S. The summed E-state index contributed by atoms with van der Waals surface area (Å²) in [6.45, 7) is -0.156. The molecule has 4 nitrogen and oxygen atoms in total. The van der Waals surface area contributed by atoms with Gasteiger partial charge in [-0.3, -0.25) is 9.47 Å². The molecule has 4 aromatic rings. The summed E-state index contributed by atoms with van der Waals surface area (Å²) >= 11 is 1.63. The van der Waals surface area contributed by atoms with Crippen molar-refractivity contribution in [2.24, 2.45) is 0 Å². The quantitative estimate of drug-likeness (QED) is 0.481. The minimum absolute atomic E-state index is 0.275. The number of alkyl halides is 2. The molecule has 4 rings (SSSR count). The van der Waals surface area contributed by atoms with Crippen molar-refractivity contribution in [1.82, 2.24) is 19.4 Å². The van der Waals surface area contributed by atoms with Crippen molar-refractivity contribution in [2.75, 3.05) is 7.05 Å². The monoisotopic (exact) mass is 372 g/mol. The lowest BCUT2D eigenvalue weighted by Gasteiger charge is -2.24. The summed E-state index contributed by atoms with van der Waals surface area (Å²) in [4.78, 5) is 11.1. The zero-order valence-electron chi connectivity index (χ0n) is 14.4. The van der Waals surface area contributed by atoms with Crippen LogP contribution in [0.25, 0.3) is 21.3 Å². The fraction of sp³-hybridized carbons (Fsp3) is 0.263. The average molecular weight is 372 g/mol. The van der Waals surface area contributed by atoms with E-state index in [4.69, 9.17) is 0 Å². The van der Waals surface area contributed by atoms with Gasteiger partial charge in [0.25, 0.3) is 0 Å². The number of imidazole rings is 1. The van der Waals surface area contributed by atoms with E-state index >= 15 is 0 Å². The highest BCUT2D eigenvalue weighted by atomic mass is 32.1. The van der Waals surface area contributed by atoms with Crippen LogP contribution in [0.15, 0.2) is 48.5 Å². The molecule has 2 heterocycles.